The lowest BCUT2D eigenvalue weighted by Crippen LogP contribution is -2.36. The molecule has 0 atom stereocenters. The summed E-state index contributed by atoms with van der Waals surface area (Å²) in [7, 11) is 4.10. The summed E-state index contributed by atoms with van der Waals surface area (Å²) in [5, 5.41) is 6.69. The number of benzene rings is 2. The number of aryl methyl sites for hydroxylation is 1. The number of hydrogen-bond donors (Lipinski definition) is 2. The number of anilines is 1. The Morgan fingerprint density at radius 2 is 1.75 bits per heavy atom. The fourth-order valence-corrected chi connectivity index (χ4v) is 2.42. The smallest absolute Gasteiger partial charge is 0.191 e. The van der Waals surface area contributed by atoms with Gasteiger partial charge in [-0.3, -0.25) is 0 Å². The van der Waals surface area contributed by atoms with E-state index in [2.05, 4.69) is 97.0 Å². The second kappa shape index (κ2) is 8.96. The largest absolute Gasteiger partial charge is 0.378 e. The summed E-state index contributed by atoms with van der Waals surface area (Å²) in [6, 6.07) is 17.0. The summed E-state index contributed by atoms with van der Waals surface area (Å²) in [4.78, 5) is 6.77. The van der Waals surface area contributed by atoms with Crippen molar-refractivity contribution in [2.75, 3.05) is 25.5 Å². The van der Waals surface area contributed by atoms with Crippen molar-refractivity contribution in [3.63, 3.8) is 0 Å². The Kier molecular flexibility index (Phi) is 6.67. The second-order valence-corrected chi connectivity index (χ2v) is 6.10. The van der Waals surface area contributed by atoms with Crippen LogP contribution >= 0.6 is 0 Å². The Hall–Kier alpha value is -2.49. The van der Waals surface area contributed by atoms with Gasteiger partial charge in [-0.15, -0.1) is 0 Å². The van der Waals surface area contributed by atoms with Gasteiger partial charge in [-0.05, 0) is 37.1 Å². The van der Waals surface area contributed by atoms with E-state index in [0.717, 1.165) is 19.0 Å². The number of nitrogens with one attached hydrogen (secondary N) is 2. The van der Waals surface area contributed by atoms with E-state index >= 15 is 0 Å². The molecule has 0 spiro atoms. The van der Waals surface area contributed by atoms with Crippen molar-refractivity contribution < 1.29 is 0 Å². The molecule has 0 aromatic heterocycles. The van der Waals surface area contributed by atoms with Gasteiger partial charge in [0.2, 0.25) is 0 Å². The van der Waals surface area contributed by atoms with Crippen molar-refractivity contribution in [1.82, 2.24) is 10.6 Å². The van der Waals surface area contributed by atoms with Gasteiger partial charge in [-0.25, -0.2) is 4.99 Å². The van der Waals surface area contributed by atoms with Gasteiger partial charge >= 0.3 is 0 Å². The van der Waals surface area contributed by atoms with Crippen LogP contribution in [0.4, 0.5) is 5.69 Å². The van der Waals surface area contributed by atoms with Gasteiger partial charge in [0.05, 0.1) is 6.54 Å². The average molecular weight is 324 g/mol. The van der Waals surface area contributed by atoms with Crippen LogP contribution in [0.1, 0.15) is 23.6 Å². The zero-order valence-corrected chi connectivity index (χ0v) is 15.1. The molecule has 4 nitrogen and oxygen atoms in total. The van der Waals surface area contributed by atoms with E-state index in [9.17, 15) is 0 Å². The molecular formula is C20H28N4. The normalized spacial score (nSPS) is 11.2. The third kappa shape index (κ3) is 5.61. The lowest BCUT2D eigenvalue weighted by molar-refractivity contribution is 0.816. The minimum atomic E-state index is 0.677. The Morgan fingerprint density at radius 3 is 2.38 bits per heavy atom. The number of nitrogens with zero attached hydrogens (tertiary/aromatic N) is 2. The fraction of sp³-hybridized carbons (Fsp3) is 0.350. The first-order valence-electron chi connectivity index (χ1n) is 8.42. The number of hydrogen-bond acceptors (Lipinski definition) is 2. The summed E-state index contributed by atoms with van der Waals surface area (Å²) in [6.07, 6.45) is 0. The van der Waals surface area contributed by atoms with E-state index in [4.69, 9.17) is 0 Å². The van der Waals surface area contributed by atoms with E-state index in [1.54, 1.807) is 0 Å². The number of aliphatic imine (C=N–C) groups is 1. The molecule has 2 N–H and O–H groups in total. The van der Waals surface area contributed by atoms with Gasteiger partial charge in [-0.1, -0.05) is 42.0 Å². The molecule has 2 aromatic carbocycles. The van der Waals surface area contributed by atoms with Gasteiger partial charge in [0.15, 0.2) is 5.96 Å². The van der Waals surface area contributed by atoms with Gasteiger partial charge < -0.3 is 15.5 Å². The Labute approximate surface area is 145 Å². The molecule has 0 unspecified atom stereocenters. The standard InChI is InChI=1S/C20H28N4/c1-5-21-20(23-15-18-8-6-7-16(2)13-18)22-14-17-9-11-19(12-10-17)24(3)4/h6-13H,5,14-15H2,1-4H3,(H2,21,22,23). The van der Waals surface area contributed by atoms with Crippen molar-refractivity contribution in [2.45, 2.75) is 26.9 Å². The van der Waals surface area contributed by atoms with Crippen LogP contribution in [0.5, 0.6) is 0 Å². The van der Waals surface area contributed by atoms with E-state index in [1.807, 2.05) is 0 Å². The van der Waals surface area contributed by atoms with E-state index in [-0.39, 0.29) is 0 Å². The first kappa shape index (κ1) is 17.9. The Morgan fingerprint density at radius 1 is 1.00 bits per heavy atom. The van der Waals surface area contributed by atoms with Crippen molar-refractivity contribution in [1.29, 1.82) is 0 Å². The molecule has 0 bridgehead atoms. The van der Waals surface area contributed by atoms with Crippen LogP contribution in [0.2, 0.25) is 0 Å². The quantitative estimate of drug-likeness (QED) is 0.632. The molecule has 0 aliphatic carbocycles. The molecule has 0 radical (unpaired) electrons. The van der Waals surface area contributed by atoms with Crippen LogP contribution < -0.4 is 15.5 Å². The molecule has 2 aromatic rings. The topological polar surface area (TPSA) is 39.7 Å². The number of rotatable bonds is 6. The van der Waals surface area contributed by atoms with Crippen molar-refractivity contribution in [3.05, 3.63) is 65.2 Å². The highest BCUT2D eigenvalue weighted by Crippen LogP contribution is 2.12. The van der Waals surface area contributed by atoms with Crippen LogP contribution in [0.25, 0.3) is 0 Å². The maximum absolute atomic E-state index is 4.67. The van der Waals surface area contributed by atoms with Crippen LogP contribution in [0, 0.1) is 6.92 Å². The molecule has 4 heteroatoms. The van der Waals surface area contributed by atoms with Crippen LogP contribution in [0.3, 0.4) is 0 Å². The minimum Gasteiger partial charge on any atom is -0.378 e. The monoisotopic (exact) mass is 324 g/mol. The second-order valence-electron chi connectivity index (χ2n) is 6.10. The molecule has 0 saturated carbocycles. The number of guanidine groups is 1. The molecule has 24 heavy (non-hydrogen) atoms. The van der Waals surface area contributed by atoms with E-state index < -0.39 is 0 Å². The molecule has 0 aliphatic heterocycles. The van der Waals surface area contributed by atoms with Crippen LogP contribution in [0.15, 0.2) is 53.5 Å². The zero-order valence-electron chi connectivity index (χ0n) is 15.1. The summed E-state index contributed by atoms with van der Waals surface area (Å²) in [5.41, 5.74) is 4.93. The molecular weight excluding hydrogens is 296 g/mol. The van der Waals surface area contributed by atoms with Gasteiger partial charge in [-0.2, -0.15) is 0 Å². The molecule has 0 aliphatic rings. The van der Waals surface area contributed by atoms with Crippen molar-refractivity contribution in [3.8, 4) is 0 Å². The third-order valence-electron chi connectivity index (χ3n) is 3.76. The van der Waals surface area contributed by atoms with Crippen molar-refractivity contribution in [2.24, 2.45) is 4.99 Å². The van der Waals surface area contributed by atoms with Gasteiger partial charge in [0, 0.05) is 32.9 Å². The third-order valence-corrected chi connectivity index (χ3v) is 3.76. The SMILES string of the molecule is CCNC(=NCc1cccc(C)c1)NCc1ccc(N(C)C)cc1. The lowest BCUT2D eigenvalue weighted by atomic mass is 10.1. The molecule has 2 rings (SSSR count). The maximum atomic E-state index is 4.67. The summed E-state index contributed by atoms with van der Waals surface area (Å²) >= 11 is 0. The highest BCUT2D eigenvalue weighted by atomic mass is 15.2. The fourth-order valence-electron chi connectivity index (χ4n) is 2.42. The van der Waals surface area contributed by atoms with Crippen LogP contribution in [-0.4, -0.2) is 26.6 Å². The maximum Gasteiger partial charge on any atom is 0.191 e. The van der Waals surface area contributed by atoms with Crippen LogP contribution in [-0.2, 0) is 13.1 Å². The molecule has 0 heterocycles. The first-order valence-corrected chi connectivity index (χ1v) is 8.42. The zero-order chi connectivity index (χ0) is 17.4. The predicted molar refractivity (Wildman–Crippen MR) is 104 cm³/mol. The molecule has 0 amide bonds. The Bertz CT molecular complexity index is 660. The van der Waals surface area contributed by atoms with E-state index in [1.165, 1.54) is 22.4 Å². The Balaban J connectivity index is 1.96. The van der Waals surface area contributed by atoms with Gasteiger partial charge in [0.25, 0.3) is 0 Å². The first-order chi connectivity index (χ1) is 11.6. The van der Waals surface area contributed by atoms with Crippen molar-refractivity contribution >= 4 is 11.6 Å². The molecule has 0 fully saturated rings. The highest BCUT2D eigenvalue weighted by molar-refractivity contribution is 5.79. The molecule has 0 saturated heterocycles. The predicted octanol–water partition coefficient (Wildman–Crippen LogP) is 3.32. The summed E-state index contributed by atoms with van der Waals surface area (Å²) in [5.74, 6) is 0.843. The molecule has 128 valence electrons. The van der Waals surface area contributed by atoms with E-state index in [0.29, 0.717) is 6.54 Å². The summed E-state index contributed by atoms with van der Waals surface area (Å²) in [6.45, 7) is 6.47. The minimum absolute atomic E-state index is 0.677. The average Bonchev–Trinajstić information content (AvgIpc) is 2.58. The highest BCUT2D eigenvalue weighted by Gasteiger charge is 2.00. The summed E-state index contributed by atoms with van der Waals surface area (Å²) < 4.78 is 0. The lowest BCUT2D eigenvalue weighted by Gasteiger charge is -2.14. The van der Waals surface area contributed by atoms with Gasteiger partial charge in [0.1, 0.15) is 0 Å².